The first kappa shape index (κ1) is 26.6. The molecule has 1 aromatic heterocycles. The molecule has 1 fully saturated rings. The summed E-state index contributed by atoms with van der Waals surface area (Å²) in [5, 5.41) is 37.7. The van der Waals surface area contributed by atoms with Gasteiger partial charge in [0.15, 0.2) is 17.6 Å². The van der Waals surface area contributed by atoms with Gasteiger partial charge in [0, 0.05) is 18.1 Å². The van der Waals surface area contributed by atoms with E-state index in [0.29, 0.717) is 16.8 Å². The quantitative estimate of drug-likeness (QED) is 0.355. The smallest absolute Gasteiger partial charge is 0.252 e. The zero-order valence-corrected chi connectivity index (χ0v) is 21.2. The number of halogens is 2. The predicted octanol–water partition coefficient (Wildman–Crippen LogP) is 2.51. The average Bonchev–Trinajstić information content (AvgIpc) is 3.26. The van der Waals surface area contributed by atoms with Crippen LogP contribution < -0.4 is 10.1 Å². The van der Waals surface area contributed by atoms with E-state index in [-0.39, 0.29) is 28.0 Å². The summed E-state index contributed by atoms with van der Waals surface area (Å²) in [4.78, 5) is 13.1. The molecule has 1 saturated heterocycles. The van der Waals surface area contributed by atoms with Gasteiger partial charge in [-0.15, -0.1) is 0 Å². The molecule has 0 unspecified atom stereocenters. The van der Waals surface area contributed by atoms with Crippen molar-refractivity contribution in [2.75, 3.05) is 13.7 Å². The number of rotatable bonds is 7. The van der Waals surface area contributed by atoms with Crippen LogP contribution in [0.4, 0.5) is 0 Å². The summed E-state index contributed by atoms with van der Waals surface area (Å²) < 4.78 is 21.8. The van der Waals surface area contributed by atoms with Crippen LogP contribution in [0.2, 0.25) is 10.0 Å². The molecule has 0 bridgehead atoms. The van der Waals surface area contributed by atoms with E-state index in [1.54, 1.807) is 6.92 Å². The summed E-state index contributed by atoms with van der Waals surface area (Å²) in [6.45, 7) is 3.07. The molecule has 0 aliphatic carbocycles. The maximum atomic E-state index is 13.1. The number of carbonyl (C=O) groups is 1. The van der Waals surface area contributed by atoms with Crippen molar-refractivity contribution in [3.05, 3.63) is 56.7 Å². The number of benzene rings is 2. The molecule has 194 valence electrons. The highest BCUT2D eigenvalue weighted by Gasteiger charge is 2.45. The number of aromatic nitrogens is 1. The van der Waals surface area contributed by atoms with Crippen LogP contribution in [0.15, 0.2) is 28.8 Å². The van der Waals surface area contributed by atoms with Crippen LogP contribution in [-0.2, 0) is 16.1 Å². The second kappa shape index (κ2) is 10.9. The van der Waals surface area contributed by atoms with Gasteiger partial charge in [0.2, 0.25) is 0 Å². The third-order valence-corrected chi connectivity index (χ3v) is 6.87. The van der Waals surface area contributed by atoms with Crippen molar-refractivity contribution < 1.29 is 38.8 Å². The van der Waals surface area contributed by atoms with Gasteiger partial charge in [-0.2, -0.15) is 0 Å². The van der Waals surface area contributed by atoms with Crippen LogP contribution in [0, 0.1) is 13.8 Å². The molecule has 0 spiro atoms. The molecule has 2 heterocycles. The minimum atomic E-state index is -1.46. The minimum Gasteiger partial charge on any atom is -0.484 e. The lowest BCUT2D eigenvalue weighted by molar-refractivity contribution is -0.261. The topological polar surface area (TPSA) is 144 Å². The van der Waals surface area contributed by atoms with E-state index in [4.69, 9.17) is 41.9 Å². The molecule has 1 aliphatic rings. The fourth-order valence-corrected chi connectivity index (χ4v) is 4.64. The molecule has 0 radical (unpaired) electrons. The summed E-state index contributed by atoms with van der Waals surface area (Å²) in [6.07, 6.45) is -5.07. The molecular weight excluding hydrogens is 515 g/mol. The second-order valence-corrected chi connectivity index (χ2v) is 9.32. The molecule has 0 saturated carbocycles. The highest BCUT2D eigenvalue weighted by atomic mass is 35.5. The molecule has 10 nitrogen and oxygen atoms in total. The van der Waals surface area contributed by atoms with E-state index in [2.05, 4.69) is 10.5 Å². The van der Waals surface area contributed by atoms with Crippen molar-refractivity contribution in [2.45, 2.75) is 51.1 Å². The number of nitrogens with one attached hydrogen (secondary N) is 1. The molecule has 1 amide bonds. The number of hydrogen-bond acceptors (Lipinski definition) is 9. The Kier molecular flexibility index (Phi) is 8.06. The Morgan fingerprint density at radius 3 is 2.64 bits per heavy atom. The van der Waals surface area contributed by atoms with Gasteiger partial charge in [-0.1, -0.05) is 40.0 Å². The number of aliphatic hydroxyl groups excluding tert-OH is 3. The van der Waals surface area contributed by atoms with Crippen LogP contribution in [0.3, 0.4) is 0 Å². The van der Waals surface area contributed by atoms with E-state index >= 15 is 0 Å². The van der Waals surface area contributed by atoms with Crippen molar-refractivity contribution >= 4 is 40.1 Å². The highest BCUT2D eigenvalue weighted by Crippen LogP contribution is 2.38. The lowest BCUT2D eigenvalue weighted by Gasteiger charge is -2.41. The summed E-state index contributed by atoms with van der Waals surface area (Å²) in [5.41, 5.74) is 2.73. The minimum absolute atomic E-state index is 0.0336. The lowest BCUT2D eigenvalue weighted by Crippen LogP contribution is -2.64. The number of nitrogens with zero attached hydrogens (tertiary/aromatic N) is 1. The summed E-state index contributed by atoms with van der Waals surface area (Å²) >= 11 is 12.9. The summed E-state index contributed by atoms with van der Waals surface area (Å²) in [7, 11) is 1.31. The number of methoxy groups -OCH3 is 1. The van der Waals surface area contributed by atoms with Gasteiger partial charge in [-0.3, -0.25) is 4.79 Å². The van der Waals surface area contributed by atoms with Gasteiger partial charge in [0.25, 0.3) is 5.91 Å². The third-order valence-electron chi connectivity index (χ3n) is 6.13. The standard InChI is InChI=1S/C24H26Cl2N2O8/c1-10-4-5-16-13(6-10)15(28-36-16)9-34-22-14(25)7-12(11(2)18(22)26)23(32)27-19-21(31)20(30)17(8-29)35-24(19)33-3/h4-7,17,19-21,24,29-31H,8-9H2,1-3H3,(H,27,32)/t17-,19-,20-,21-,24+/m1/s1. The number of aliphatic hydroxyl groups is 3. The fraction of sp³-hybridized carbons (Fsp3) is 0.417. The van der Waals surface area contributed by atoms with E-state index in [1.165, 1.54) is 13.2 Å². The molecule has 4 N–H and O–H groups in total. The van der Waals surface area contributed by atoms with Gasteiger partial charge in [0.05, 0.1) is 16.7 Å². The summed E-state index contributed by atoms with van der Waals surface area (Å²) in [6, 6.07) is 5.94. The first-order valence-electron chi connectivity index (χ1n) is 11.1. The van der Waals surface area contributed by atoms with Crippen LogP contribution in [-0.4, -0.2) is 70.7 Å². The van der Waals surface area contributed by atoms with Crippen LogP contribution in [0.5, 0.6) is 5.75 Å². The first-order chi connectivity index (χ1) is 17.2. The van der Waals surface area contributed by atoms with Gasteiger partial charge in [0.1, 0.15) is 36.7 Å². The van der Waals surface area contributed by atoms with Crippen molar-refractivity contribution in [3.63, 3.8) is 0 Å². The van der Waals surface area contributed by atoms with E-state index in [0.717, 1.165) is 10.9 Å². The van der Waals surface area contributed by atoms with Crippen LogP contribution in [0.1, 0.15) is 27.2 Å². The van der Waals surface area contributed by atoms with Crippen LogP contribution >= 0.6 is 23.2 Å². The van der Waals surface area contributed by atoms with E-state index in [1.807, 2.05) is 25.1 Å². The first-order valence-corrected chi connectivity index (χ1v) is 11.8. The number of carbonyl (C=O) groups excluding carboxylic acids is 1. The van der Waals surface area contributed by atoms with Crippen molar-refractivity contribution in [2.24, 2.45) is 0 Å². The molecular formula is C24H26Cl2N2O8. The maximum absolute atomic E-state index is 13.1. The fourth-order valence-electron chi connectivity index (χ4n) is 4.08. The Hall–Kier alpha value is -2.44. The molecule has 2 aromatic carbocycles. The lowest BCUT2D eigenvalue weighted by atomic mass is 9.96. The largest absolute Gasteiger partial charge is 0.484 e. The number of hydrogen-bond donors (Lipinski definition) is 4. The second-order valence-electron chi connectivity index (χ2n) is 8.53. The monoisotopic (exact) mass is 540 g/mol. The van der Waals surface area contributed by atoms with Crippen LogP contribution in [0.25, 0.3) is 11.0 Å². The Morgan fingerprint density at radius 2 is 1.94 bits per heavy atom. The van der Waals surface area contributed by atoms with Crippen molar-refractivity contribution in [1.82, 2.24) is 10.5 Å². The predicted molar refractivity (Wildman–Crippen MR) is 130 cm³/mol. The van der Waals surface area contributed by atoms with Crippen molar-refractivity contribution in [3.8, 4) is 5.75 Å². The molecule has 36 heavy (non-hydrogen) atoms. The zero-order valence-electron chi connectivity index (χ0n) is 19.7. The number of aryl methyl sites for hydroxylation is 1. The van der Waals surface area contributed by atoms with Gasteiger partial charge >= 0.3 is 0 Å². The molecule has 3 aromatic rings. The Bertz CT molecular complexity index is 1260. The summed E-state index contributed by atoms with van der Waals surface area (Å²) in [5.74, 6) is -0.460. The van der Waals surface area contributed by atoms with Gasteiger partial charge < -0.3 is 39.4 Å². The Balaban J connectivity index is 1.53. The molecule has 12 heteroatoms. The normalized spacial score (nSPS) is 24.2. The zero-order chi connectivity index (χ0) is 26.1. The van der Waals surface area contributed by atoms with Gasteiger partial charge in [-0.05, 0) is 37.6 Å². The molecule has 4 rings (SSSR count). The maximum Gasteiger partial charge on any atom is 0.252 e. The van der Waals surface area contributed by atoms with Gasteiger partial charge in [-0.25, -0.2) is 0 Å². The highest BCUT2D eigenvalue weighted by molar-refractivity contribution is 6.38. The number of fused-ring (bicyclic) bond motifs is 1. The molecule has 5 atom stereocenters. The van der Waals surface area contributed by atoms with Crippen molar-refractivity contribution in [1.29, 1.82) is 0 Å². The number of amides is 1. The Labute approximate surface area is 216 Å². The molecule has 1 aliphatic heterocycles. The Morgan fingerprint density at radius 1 is 1.19 bits per heavy atom. The average molecular weight is 541 g/mol. The SMILES string of the molecule is CO[C@H]1O[C@H](CO)[C@@H](O)[C@H](O)[C@H]1NC(=O)c1cc(Cl)c(OCc2noc3ccc(C)cc23)c(Cl)c1C. The van der Waals surface area contributed by atoms with E-state index < -0.39 is 43.2 Å². The third kappa shape index (κ3) is 5.03. The number of ether oxygens (including phenoxy) is 3. The van der Waals surface area contributed by atoms with E-state index in [9.17, 15) is 20.1 Å².